The van der Waals surface area contributed by atoms with Gasteiger partial charge < -0.3 is 46.5 Å². The summed E-state index contributed by atoms with van der Waals surface area (Å²) in [6.07, 6.45) is -0.382. The predicted molar refractivity (Wildman–Crippen MR) is 329 cm³/mol. The van der Waals surface area contributed by atoms with Gasteiger partial charge in [-0.3, -0.25) is 33.6 Å². The van der Waals surface area contributed by atoms with E-state index in [2.05, 4.69) is 26.3 Å². The van der Waals surface area contributed by atoms with Crippen LogP contribution in [0.5, 0.6) is 0 Å². The molecule has 3 aliphatic rings. The summed E-state index contributed by atoms with van der Waals surface area (Å²) in [6.45, 7) is 5.52. The average Bonchev–Trinajstić information content (AvgIpc) is 2.59. The zero-order valence-electron chi connectivity index (χ0n) is 47.2. The summed E-state index contributed by atoms with van der Waals surface area (Å²) in [4.78, 5) is 137. The Morgan fingerprint density at radius 3 is 2.26 bits per heavy atom. The molecule has 10 bridgehead atoms. The van der Waals surface area contributed by atoms with Crippen molar-refractivity contribution in [3.63, 3.8) is 0 Å². The molecule has 0 spiro atoms. The molecule has 6 amide bonds. The molecule has 450 valence electrons. The van der Waals surface area contributed by atoms with Crippen molar-refractivity contribution in [3.8, 4) is 43.4 Å². The molecular formula is C57H56N14O10S6. The SMILES string of the molecule is CNC(=O)CC1NC(=O)c2csc(n2)-c2ccc(-c3nc(C4=NC(C(=O)N5CCCC5C(N)=O)CO4)cs3)nc2-c2csc(n2)-c2csc(n2)C(C(O)c2ccccc2)NC(=O)CNC(=O)c2nc(sc2COC)C(C(C)C)CC(=O)c2nc1sc2C. The van der Waals surface area contributed by atoms with Gasteiger partial charge >= 0.3 is 0 Å². The third-order valence-electron chi connectivity index (χ3n) is 14.6. The van der Waals surface area contributed by atoms with Gasteiger partial charge in [0.1, 0.15) is 89.7 Å². The lowest BCUT2D eigenvalue weighted by molar-refractivity contribution is -0.138. The number of benzene rings is 1. The number of thiazole rings is 6. The first-order valence-electron chi connectivity index (χ1n) is 27.4. The lowest BCUT2D eigenvalue weighted by Gasteiger charge is -2.23. The molecule has 7 aromatic heterocycles. The van der Waals surface area contributed by atoms with Crippen LogP contribution in [0.4, 0.5) is 0 Å². The molecule has 0 aliphatic carbocycles. The maximum atomic E-state index is 14.4. The van der Waals surface area contributed by atoms with Crippen molar-refractivity contribution < 1.29 is 48.1 Å². The van der Waals surface area contributed by atoms with Gasteiger partial charge in [-0.25, -0.2) is 39.9 Å². The minimum atomic E-state index is -1.28. The fourth-order valence-corrected chi connectivity index (χ4v) is 15.7. The first-order valence-corrected chi connectivity index (χ1v) is 32.6. The Kier molecular flexibility index (Phi) is 18.3. The van der Waals surface area contributed by atoms with Gasteiger partial charge in [0.2, 0.25) is 23.6 Å². The standard InChI is InChI=1S/C57H56N14O10S6/c1-25(2)29-16-38(72)42-26(3)86-55(69-42)31(17-40(73)59-4)62-48(77)34-22-82-51(65-34)28-13-14-30(53-66-35(23-84-53)50-63-32(19-81-50)57(79)71-15-9-12-37(71)47(58)76)61-43(28)33-21-83-54(64-33)36-24-85-56(67-36)45(46(75)27-10-7-6-8-11-27)68-41(74)18-60-49(78)44-39(20-80-5)87-52(29)70-44/h6-8,10-11,13-14,21-25,29,31-32,37,45-46,75H,9,12,15-20H2,1-5H3,(H2,58,76)(H,59,73)(H,60,78)(H,62,77)(H,68,74). The molecule has 1 aromatic carbocycles. The number of Topliss-reactive ketones (excluding diaryl/α,β-unsaturated/α-hetero) is 1. The van der Waals surface area contributed by atoms with Crippen LogP contribution in [-0.4, -0.2) is 138 Å². The van der Waals surface area contributed by atoms with Crippen molar-refractivity contribution in [1.82, 2.24) is 61.1 Å². The second-order valence-corrected chi connectivity index (χ2v) is 26.6. The third kappa shape index (κ3) is 13.0. The van der Waals surface area contributed by atoms with Crippen molar-refractivity contribution in [2.24, 2.45) is 16.6 Å². The molecule has 87 heavy (non-hydrogen) atoms. The van der Waals surface area contributed by atoms with Crippen LogP contribution in [-0.2, 0) is 35.3 Å². The summed E-state index contributed by atoms with van der Waals surface area (Å²) in [5.74, 6) is -3.95. The topological polar surface area (TPSA) is 338 Å². The molecule has 0 saturated carbocycles. The summed E-state index contributed by atoms with van der Waals surface area (Å²) < 4.78 is 11.4. The Morgan fingerprint density at radius 2 is 1.51 bits per heavy atom. The van der Waals surface area contributed by atoms with Gasteiger partial charge in [0.15, 0.2) is 11.8 Å². The molecular weight excluding hydrogens is 1230 g/mol. The second-order valence-electron chi connectivity index (χ2n) is 20.8. The molecule has 6 atom stereocenters. The number of nitrogens with one attached hydrogen (secondary N) is 4. The minimum absolute atomic E-state index is 0.0266. The number of primary amides is 1. The molecule has 1 fully saturated rings. The van der Waals surface area contributed by atoms with Crippen LogP contribution in [0.2, 0.25) is 0 Å². The van der Waals surface area contributed by atoms with Gasteiger partial charge in [-0.15, -0.1) is 68.0 Å². The average molecular weight is 1290 g/mol. The number of aliphatic hydroxyl groups is 1. The van der Waals surface area contributed by atoms with E-state index in [-0.39, 0.29) is 72.6 Å². The van der Waals surface area contributed by atoms with Crippen LogP contribution in [0.25, 0.3) is 43.4 Å². The zero-order valence-corrected chi connectivity index (χ0v) is 52.1. The van der Waals surface area contributed by atoms with Crippen LogP contribution in [0, 0.1) is 12.8 Å². The van der Waals surface area contributed by atoms with E-state index < -0.39 is 66.4 Å². The number of nitrogens with two attached hydrogens (primary N) is 1. The summed E-state index contributed by atoms with van der Waals surface area (Å²) in [6, 6.07) is 8.71. The van der Waals surface area contributed by atoms with Crippen molar-refractivity contribution >= 4 is 115 Å². The highest BCUT2D eigenvalue weighted by molar-refractivity contribution is 7.15. The maximum Gasteiger partial charge on any atom is 0.271 e. The number of aryl methyl sites for hydroxylation is 1. The van der Waals surface area contributed by atoms with Crippen LogP contribution in [0.1, 0.15) is 131 Å². The van der Waals surface area contributed by atoms with Crippen molar-refractivity contribution in [1.29, 1.82) is 0 Å². The van der Waals surface area contributed by atoms with Crippen LogP contribution < -0.4 is 27.0 Å². The Balaban J connectivity index is 0.970. The monoisotopic (exact) mass is 1290 g/mol. The molecule has 0 radical (unpaired) electrons. The van der Waals surface area contributed by atoms with Crippen LogP contribution in [0.15, 0.2) is 69.0 Å². The number of rotatable bonds is 11. The number of fused-ring (bicyclic) bond motifs is 14. The number of aliphatic imine (C=N–C) groups is 1. The predicted octanol–water partition coefficient (Wildman–Crippen LogP) is 6.82. The summed E-state index contributed by atoms with van der Waals surface area (Å²) in [5, 5.41) is 32.5. The van der Waals surface area contributed by atoms with Crippen molar-refractivity contribution in [2.45, 2.75) is 89.3 Å². The highest BCUT2D eigenvalue weighted by Crippen LogP contribution is 2.41. The highest BCUT2D eigenvalue weighted by Gasteiger charge is 2.39. The number of nitrogens with zero attached hydrogens (tertiary/aromatic N) is 9. The maximum absolute atomic E-state index is 14.4. The van der Waals surface area contributed by atoms with E-state index in [1.165, 1.54) is 87.1 Å². The lowest BCUT2D eigenvalue weighted by Crippen LogP contribution is -2.47. The van der Waals surface area contributed by atoms with Gasteiger partial charge in [-0.1, -0.05) is 44.2 Å². The summed E-state index contributed by atoms with van der Waals surface area (Å²) >= 11 is 7.32. The zero-order chi connectivity index (χ0) is 61.2. The first kappa shape index (κ1) is 60.7. The number of likely N-dealkylation sites (tertiary alicyclic amines) is 1. The number of carbonyl (C=O) groups is 7. The quantitative estimate of drug-likeness (QED) is 0.0773. The number of hydrogen-bond acceptors (Lipinski definition) is 24. The number of pyridine rings is 1. The smallest absolute Gasteiger partial charge is 0.271 e. The molecule has 8 aromatic rings. The van der Waals surface area contributed by atoms with E-state index in [4.69, 9.17) is 50.1 Å². The van der Waals surface area contributed by atoms with E-state index in [9.17, 15) is 38.7 Å². The Morgan fingerprint density at radius 1 is 0.793 bits per heavy atom. The molecule has 1 saturated heterocycles. The second kappa shape index (κ2) is 26.2. The van der Waals surface area contributed by atoms with Gasteiger partial charge in [0.05, 0.1) is 41.2 Å². The van der Waals surface area contributed by atoms with Crippen molar-refractivity contribution in [2.75, 3.05) is 33.9 Å². The molecule has 6 unspecified atom stereocenters. The fourth-order valence-electron chi connectivity index (χ4n) is 10.1. The van der Waals surface area contributed by atoms with Gasteiger partial charge in [0, 0.05) is 65.0 Å². The number of carbonyl (C=O) groups excluding carboxylic acids is 7. The number of ether oxygens (including phenoxy) is 2. The van der Waals surface area contributed by atoms with E-state index in [0.29, 0.717) is 98.8 Å². The van der Waals surface area contributed by atoms with Crippen molar-refractivity contribution in [3.05, 3.63) is 117 Å². The number of amides is 6. The summed E-state index contributed by atoms with van der Waals surface area (Å²) in [7, 11) is 2.97. The van der Waals surface area contributed by atoms with E-state index >= 15 is 0 Å². The molecule has 30 heteroatoms. The largest absolute Gasteiger partial charge is 0.473 e. The Hall–Kier alpha value is -7.97. The highest BCUT2D eigenvalue weighted by atomic mass is 32.1. The van der Waals surface area contributed by atoms with Gasteiger partial charge in [0.25, 0.3) is 17.7 Å². The lowest BCUT2D eigenvalue weighted by atomic mass is 9.90. The number of aliphatic hydroxyl groups excluding tert-OH is 1. The van der Waals surface area contributed by atoms with Crippen LogP contribution in [0.3, 0.4) is 0 Å². The molecule has 11 rings (SSSR count). The number of methoxy groups -OCH3 is 1. The number of ketones is 1. The molecule has 3 aliphatic heterocycles. The molecule has 24 nitrogen and oxygen atoms in total. The van der Waals surface area contributed by atoms with E-state index in [0.717, 1.165) is 0 Å². The normalized spacial score (nSPS) is 19.6. The Bertz CT molecular complexity index is 3980. The number of hydrogen-bond donors (Lipinski definition) is 6. The van der Waals surface area contributed by atoms with Gasteiger partial charge in [-0.2, -0.15) is 0 Å². The fraction of sp³-hybridized carbons (Fsp3) is 0.351. The molecule has 7 N–H and O–H groups in total. The molecule has 10 heterocycles. The van der Waals surface area contributed by atoms with E-state index in [1.807, 2.05) is 13.8 Å². The first-order chi connectivity index (χ1) is 41.9. The van der Waals surface area contributed by atoms with Gasteiger partial charge in [-0.05, 0) is 43.4 Å². The van der Waals surface area contributed by atoms with Crippen LogP contribution >= 0.6 is 68.0 Å². The van der Waals surface area contributed by atoms with E-state index in [1.54, 1.807) is 70.9 Å². The minimum Gasteiger partial charge on any atom is -0.473 e. The summed E-state index contributed by atoms with van der Waals surface area (Å²) in [5.41, 5.74) is 8.86. The number of aromatic nitrogens is 7. The third-order valence-corrected chi connectivity index (χ3v) is 20.4. The Labute approximate surface area is 521 Å².